The number of benzene rings is 2. The first-order valence-electron chi connectivity index (χ1n) is 33.2. The minimum Gasteiger partial charge on any atom is -0.507 e. The number of carbonyl (C=O) groups is 5. The second-order valence-corrected chi connectivity index (χ2v) is 29.7. The maximum atomic E-state index is 15.8. The molecule has 14 unspecified atom stereocenters. The molecule has 24 nitrogen and oxygen atoms in total. The molecule has 93 heavy (non-hydrogen) atoms. The second kappa shape index (κ2) is 27.5. The van der Waals surface area contributed by atoms with Gasteiger partial charge in [0.1, 0.15) is 54.2 Å². The molecule has 12 N–H and O–H groups in total. The molecule has 7 fully saturated rings. The van der Waals surface area contributed by atoms with Crippen molar-refractivity contribution in [2.45, 2.75) is 231 Å². The van der Waals surface area contributed by atoms with Gasteiger partial charge < -0.3 is 99.7 Å². The summed E-state index contributed by atoms with van der Waals surface area (Å²) in [5.74, 6) is -6.16. The largest absolute Gasteiger partial charge is 0.507 e. The Bertz CT molecular complexity index is 3050. The van der Waals surface area contributed by atoms with Gasteiger partial charge in [0.15, 0.2) is 30.8 Å². The number of aromatic hydroxyl groups is 1. The number of hydrogen-bond donors (Lipinski definition) is 12. The highest BCUT2D eigenvalue weighted by Crippen LogP contribution is 2.76. The van der Waals surface area contributed by atoms with E-state index in [0.29, 0.717) is 68.8 Å². The Morgan fingerprint density at radius 1 is 0.763 bits per heavy atom. The van der Waals surface area contributed by atoms with E-state index in [2.05, 4.69) is 51.3 Å². The van der Waals surface area contributed by atoms with Crippen molar-refractivity contribution in [3.05, 3.63) is 70.8 Å². The van der Waals surface area contributed by atoms with Gasteiger partial charge in [0.25, 0.3) is 5.91 Å². The van der Waals surface area contributed by atoms with Gasteiger partial charge in [0.05, 0.1) is 73.6 Å². The number of carbonyl (C=O) groups excluding carboxylic acids is 5. The van der Waals surface area contributed by atoms with Crippen LogP contribution in [0, 0.1) is 56.2 Å². The number of ether oxygens (including phenoxy) is 7. The lowest BCUT2D eigenvalue weighted by atomic mass is 9.33. The molecule has 2 aromatic rings. The van der Waals surface area contributed by atoms with E-state index in [9.17, 15) is 70.2 Å². The summed E-state index contributed by atoms with van der Waals surface area (Å²) in [6, 6.07) is 9.76. The van der Waals surface area contributed by atoms with Gasteiger partial charge in [0, 0.05) is 18.5 Å². The summed E-state index contributed by atoms with van der Waals surface area (Å²) in [6.45, 7) is 12.7. The molecule has 0 radical (unpaired) electrons. The monoisotopic (exact) mass is 1310 g/mol. The van der Waals surface area contributed by atoms with Crippen LogP contribution in [0.5, 0.6) is 11.5 Å². The Kier molecular flexibility index (Phi) is 20.9. The van der Waals surface area contributed by atoms with E-state index in [-0.39, 0.29) is 78.0 Å². The van der Waals surface area contributed by atoms with E-state index in [0.717, 1.165) is 24.7 Å². The van der Waals surface area contributed by atoms with E-state index in [1.807, 2.05) is 6.92 Å². The number of fused-ring (bicyclic) bond motifs is 7. The fourth-order valence-electron chi connectivity index (χ4n) is 17.9. The van der Waals surface area contributed by atoms with Crippen LogP contribution in [0.4, 0.5) is 0 Å². The zero-order valence-electron chi connectivity index (χ0n) is 54.4. The number of phenols is 1. The fraction of sp³-hybridized carbons (Fsp3) is 0.725. The normalized spacial score (nSPS) is 40.9. The average Bonchev–Trinajstić information content (AvgIpc) is 0.673. The van der Waals surface area contributed by atoms with Crippen LogP contribution in [-0.4, -0.2) is 193 Å². The number of aldehydes is 2. The molecule has 0 aromatic heterocycles. The van der Waals surface area contributed by atoms with Crippen LogP contribution in [0.25, 0.3) is 0 Å². The van der Waals surface area contributed by atoms with Crippen molar-refractivity contribution in [2.24, 2.45) is 56.2 Å². The molecular weight excluding hydrogens is 1210 g/mol. The molecule has 3 saturated heterocycles. The van der Waals surface area contributed by atoms with E-state index in [1.54, 1.807) is 36.4 Å². The molecule has 22 atom stereocenters. The zero-order chi connectivity index (χ0) is 67.4. The molecule has 8 aliphatic rings. The maximum Gasteiger partial charge on any atom is 0.317 e. The molecular formula is C69H98N2O22. The number of aliphatic hydroxyl groups is 9. The smallest absolute Gasteiger partial charge is 0.317 e. The lowest BCUT2D eigenvalue weighted by Gasteiger charge is -2.71. The number of aliphatic hydroxyl groups excluding tert-OH is 7. The van der Waals surface area contributed by atoms with Crippen molar-refractivity contribution in [1.29, 1.82) is 0 Å². The van der Waals surface area contributed by atoms with Gasteiger partial charge in [0.2, 0.25) is 12.2 Å². The quantitative estimate of drug-likeness (QED) is 0.0278. The minimum atomic E-state index is -2.58. The van der Waals surface area contributed by atoms with Crippen LogP contribution in [-0.2, 0) is 49.4 Å². The molecule has 0 spiro atoms. The standard InChI is InChI=1S/C69H98N2O22/c1-37-57(91-53-30-69(85,86)51(79)35-88-53)55(81)41(32-73)60(89-37)92-58-56(82)54(71-52(80)14-9-8-10-27-70-59(83)39-17-15-38(16-18-39)34-87-45-13-11-12-44(76)40(45)31-72)46(33-74)90-61(58)93-62(84)68-26-25-63(2,3)28-43(68)42-19-20-48-64(4)23-22-49(77)65(5,36-75)47(64)21-24-66(48,6)67(42,7)29-50(68)78/h11-13,15-19,31,36-37,41,43,46-51,53-58,60-61,73-74,76-79,81-82,85-86H,8-10,14,20-30,32-35H2,1-7H3,(H,70,83)(H,71,80)/t37?,41?,43?,46?,47?,48?,49-,50?,51+,53-,54-,55?,56?,57-,58?,60-,61-,64?,65?,66?,67?,68+/m0/s1. The predicted molar refractivity (Wildman–Crippen MR) is 330 cm³/mol. The fourth-order valence-corrected chi connectivity index (χ4v) is 17.9. The van der Waals surface area contributed by atoms with Gasteiger partial charge >= 0.3 is 5.97 Å². The van der Waals surface area contributed by atoms with Gasteiger partial charge in [-0.2, -0.15) is 0 Å². The highest BCUT2D eigenvalue weighted by atomic mass is 16.8. The lowest BCUT2D eigenvalue weighted by molar-refractivity contribution is -0.369. The molecule has 3 aliphatic heterocycles. The summed E-state index contributed by atoms with van der Waals surface area (Å²) in [4.78, 5) is 67.1. The summed E-state index contributed by atoms with van der Waals surface area (Å²) >= 11 is 0. The Labute approximate surface area is 542 Å². The Balaban J connectivity index is 0.847. The number of allylic oxidation sites excluding steroid dienone is 2. The molecule has 3 heterocycles. The van der Waals surface area contributed by atoms with Crippen molar-refractivity contribution in [3.63, 3.8) is 0 Å². The Morgan fingerprint density at radius 3 is 2.19 bits per heavy atom. The van der Waals surface area contributed by atoms with Crippen LogP contribution in [0.1, 0.15) is 165 Å². The van der Waals surface area contributed by atoms with Crippen molar-refractivity contribution in [3.8, 4) is 11.5 Å². The molecule has 2 amide bonds. The maximum absolute atomic E-state index is 15.8. The Hall–Kier alpha value is -5.03. The lowest BCUT2D eigenvalue weighted by Crippen LogP contribution is -2.69. The SMILES string of the molecule is CC1O[C@@H](OC2C(O)[C@@H](NC(=O)CCCCCNC(=O)c3ccc(COc4cccc(O)c4C=O)cc3)C(CO)O[C@H]2OC(=O)[C@]23CCC(C)(C)CC2C2=CCC4C5(C)CC[C@H](O)C(C)(C=O)C5CCC4(C)C2(C)CC3O)C(CO)C(O)[C@H]1O[C@H]1CC(O)(O)[C@H](O)CO1. The van der Waals surface area contributed by atoms with Crippen LogP contribution >= 0.6 is 0 Å². The topological polar surface area (TPSA) is 376 Å². The first-order valence-corrected chi connectivity index (χ1v) is 33.2. The van der Waals surface area contributed by atoms with Gasteiger partial charge in [-0.1, -0.05) is 77.8 Å². The number of hydrogen-bond acceptors (Lipinski definition) is 22. The molecule has 10 rings (SSSR count). The summed E-state index contributed by atoms with van der Waals surface area (Å²) < 4.78 is 43.0. The van der Waals surface area contributed by atoms with Crippen LogP contribution in [0.3, 0.4) is 0 Å². The summed E-state index contributed by atoms with van der Waals surface area (Å²) in [5.41, 5.74) is -1.90. The summed E-state index contributed by atoms with van der Waals surface area (Å²) in [5, 5.41) is 117. The van der Waals surface area contributed by atoms with E-state index in [4.69, 9.17) is 33.2 Å². The van der Waals surface area contributed by atoms with E-state index >= 15 is 4.79 Å². The van der Waals surface area contributed by atoms with Crippen LogP contribution in [0.2, 0.25) is 0 Å². The van der Waals surface area contributed by atoms with Crippen LogP contribution < -0.4 is 15.4 Å². The number of rotatable bonds is 21. The number of esters is 1. The van der Waals surface area contributed by atoms with E-state index < -0.39 is 157 Å². The third-order valence-corrected chi connectivity index (χ3v) is 23.7. The molecule has 516 valence electrons. The van der Waals surface area contributed by atoms with Gasteiger partial charge in [-0.05, 0) is 147 Å². The van der Waals surface area contributed by atoms with Crippen molar-refractivity contribution in [1.82, 2.24) is 10.6 Å². The number of amides is 2. The zero-order valence-corrected chi connectivity index (χ0v) is 54.4. The Morgan fingerprint density at radius 2 is 1.51 bits per heavy atom. The summed E-state index contributed by atoms with van der Waals surface area (Å²) in [7, 11) is 0. The van der Waals surface area contributed by atoms with Crippen molar-refractivity contribution >= 4 is 30.4 Å². The van der Waals surface area contributed by atoms with Crippen molar-refractivity contribution in [2.75, 3.05) is 26.4 Å². The van der Waals surface area contributed by atoms with Gasteiger partial charge in [-0.15, -0.1) is 0 Å². The van der Waals surface area contributed by atoms with Crippen molar-refractivity contribution < 1.29 is 108 Å². The molecule has 5 aliphatic carbocycles. The third-order valence-electron chi connectivity index (χ3n) is 23.7. The number of unbranched alkanes of at least 4 members (excludes halogenated alkanes) is 2. The van der Waals surface area contributed by atoms with Crippen LogP contribution in [0.15, 0.2) is 54.1 Å². The van der Waals surface area contributed by atoms with Gasteiger partial charge in [-0.3, -0.25) is 19.2 Å². The van der Waals surface area contributed by atoms with E-state index in [1.165, 1.54) is 13.0 Å². The first-order chi connectivity index (χ1) is 43.9. The molecule has 0 bridgehead atoms. The predicted octanol–water partition coefficient (Wildman–Crippen LogP) is 3.77. The summed E-state index contributed by atoms with van der Waals surface area (Å²) in [6.07, 6.45) is -8.34. The third kappa shape index (κ3) is 13.1. The highest BCUT2D eigenvalue weighted by Gasteiger charge is 2.72. The second-order valence-electron chi connectivity index (χ2n) is 29.7. The van der Waals surface area contributed by atoms with Gasteiger partial charge in [-0.25, -0.2) is 0 Å². The molecule has 2 aromatic carbocycles. The minimum absolute atomic E-state index is 0.0309. The molecule has 4 saturated carbocycles. The average molecular weight is 1310 g/mol. The first kappa shape index (κ1) is 70.8. The number of phenolic OH excluding ortho intramolecular Hbond substituents is 1. The molecule has 24 heteroatoms. The number of nitrogens with one attached hydrogen (secondary N) is 2. The highest BCUT2D eigenvalue weighted by molar-refractivity contribution is 5.94.